The van der Waals surface area contributed by atoms with Crippen LogP contribution in [0.25, 0.3) is 0 Å². The molecule has 1 aromatic carbocycles. The number of hydrogen-bond donors (Lipinski definition) is 1. The van der Waals surface area contributed by atoms with Gasteiger partial charge in [-0.2, -0.15) is 0 Å². The van der Waals surface area contributed by atoms with Crippen molar-refractivity contribution in [2.75, 3.05) is 31.2 Å². The molecule has 1 heterocycles. The predicted octanol–water partition coefficient (Wildman–Crippen LogP) is 2.53. The summed E-state index contributed by atoms with van der Waals surface area (Å²) >= 11 is 0. The molecule has 1 unspecified atom stereocenters. The van der Waals surface area contributed by atoms with E-state index in [4.69, 9.17) is 0 Å². The number of anilines is 1. The Balaban J connectivity index is 2.27. The van der Waals surface area contributed by atoms with Crippen LogP contribution in [0.15, 0.2) is 23.1 Å². The minimum atomic E-state index is -3.66. The number of sulfone groups is 1. The van der Waals surface area contributed by atoms with Gasteiger partial charge in [0.25, 0.3) is 0 Å². The van der Waals surface area contributed by atoms with Gasteiger partial charge in [-0.3, -0.25) is 15.0 Å². The van der Waals surface area contributed by atoms with Gasteiger partial charge in [-0.25, -0.2) is 8.42 Å². The number of nitrogens with zero attached hydrogens (tertiary/aromatic N) is 2. The molecule has 0 bridgehead atoms. The fraction of sp³-hybridized carbons (Fsp3) is 0.625. The number of rotatable bonds is 7. The molecule has 0 aliphatic carbocycles. The Bertz CT molecular complexity index is 697. The van der Waals surface area contributed by atoms with Crippen LogP contribution < -0.4 is 5.32 Å². The van der Waals surface area contributed by atoms with E-state index in [1.807, 2.05) is 0 Å². The third kappa shape index (κ3) is 4.24. The lowest BCUT2D eigenvalue weighted by Crippen LogP contribution is -2.41. The van der Waals surface area contributed by atoms with E-state index in [1.165, 1.54) is 25.0 Å². The molecule has 24 heavy (non-hydrogen) atoms. The van der Waals surface area contributed by atoms with Crippen molar-refractivity contribution in [1.82, 2.24) is 4.90 Å². The number of nitro groups is 1. The first-order valence-electron chi connectivity index (χ1n) is 8.17. The van der Waals surface area contributed by atoms with Crippen LogP contribution in [0.1, 0.15) is 26.7 Å². The molecule has 1 fully saturated rings. The van der Waals surface area contributed by atoms with Gasteiger partial charge in [0.15, 0.2) is 9.84 Å². The molecule has 0 radical (unpaired) electrons. The fourth-order valence-corrected chi connectivity index (χ4v) is 4.09. The molecule has 2 rings (SSSR count). The van der Waals surface area contributed by atoms with Crippen molar-refractivity contribution in [3.8, 4) is 0 Å². The summed E-state index contributed by atoms with van der Waals surface area (Å²) in [5, 5.41) is 14.5. The minimum absolute atomic E-state index is 0.250. The van der Waals surface area contributed by atoms with Crippen LogP contribution in [-0.4, -0.2) is 50.2 Å². The SMILES string of the molecule is CC(C)C(CNc1cccc(S(C)(=O)=O)c1[N+](=O)[O-])N1CCCC1. The van der Waals surface area contributed by atoms with Gasteiger partial charge in [-0.05, 0) is 44.0 Å². The van der Waals surface area contributed by atoms with E-state index >= 15 is 0 Å². The molecule has 1 saturated heterocycles. The molecule has 1 aliphatic rings. The number of nitrogens with one attached hydrogen (secondary N) is 1. The smallest absolute Gasteiger partial charge is 0.310 e. The molecule has 0 saturated carbocycles. The predicted molar refractivity (Wildman–Crippen MR) is 94.1 cm³/mol. The Morgan fingerprint density at radius 1 is 1.29 bits per heavy atom. The van der Waals surface area contributed by atoms with Crippen LogP contribution >= 0.6 is 0 Å². The highest BCUT2D eigenvalue weighted by atomic mass is 32.2. The summed E-state index contributed by atoms with van der Waals surface area (Å²) in [6.45, 7) is 6.88. The van der Waals surface area contributed by atoms with E-state index in [2.05, 4.69) is 24.1 Å². The monoisotopic (exact) mass is 355 g/mol. The van der Waals surface area contributed by atoms with Crippen molar-refractivity contribution in [3.05, 3.63) is 28.3 Å². The van der Waals surface area contributed by atoms with Gasteiger partial charge in [0.05, 0.1) is 4.92 Å². The average Bonchev–Trinajstić information content (AvgIpc) is 2.99. The molecule has 8 heteroatoms. The first kappa shape index (κ1) is 18.7. The van der Waals surface area contributed by atoms with Gasteiger partial charge in [0, 0.05) is 18.8 Å². The summed E-state index contributed by atoms with van der Waals surface area (Å²) in [7, 11) is -3.66. The number of para-hydroxylation sites is 1. The van der Waals surface area contributed by atoms with Crippen molar-refractivity contribution in [1.29, 1.82) is 0 Å². The van der Waals surface area contributed by atoms with E-state index < -0.39 is 14.8 Å². The van der Waals surface area contributed by atoms with Crippen molar-refractivity contribution in [2.24, 2.45) is 5.92 Å². The van der Waals surface area contributed by atoms with Crippen molar-refractivity contribution in [3.63, 3.8) is 0 Å². The van der Waals surface area contributed by atoms with Crippen LogP contribution in [0.3, 0.4) is 0 Å². The zero-order valence-corrected chi connectivity index (χ0v) is 15.2. The first-order valence-corrected chi connectivity index (χ1v) is 10.1. The quantitative estimate of drug-likeness (QED) is 0.597. The van der Waals surface area contributed by atoms with Crippen LogP contribution in [0.5, 0.6) is 0 Å². The second-order valence-electron chi connectivity index (χ2n) is 6.62. The highest BCUT2D eigenvalue weighted by Crippen LogP contribution is 2.32. The van der Waals surface area contributed by atoms with E-state index in [1.54, 1.807) is 6.07 Å². The first-order chi connectivity index (χ1) is 11.2. The summed E-state index contributed by atoms with van der Waals surface area (Å²) in [6, 6.07) is 4.63. The van der Waals surface area contributed by atoms with Crippen LogP contribution in [0.4, 0.5) is 11.4 Å². The van der Waals surface area contributed by atoms with Crippen molar-refractivity contribution >= 4 is 21.2 Å². The highest BCUT2D eigenvalue weighted by Gasteiger charge is 2.28. The third-order valence-corrected chi connectivity index (χ3v) is 5.59. The number of benzene rings is 1. The van der Waals surface area contributed by atoms with Gasteiger partial charge >= 0.3 is 5.69 Å². The molecule has 1 N–H and O–H groups in total. The normalized spacial score (nSPS) is 17.2. The molecule has 1 aromatic rings. The zero-order chi connectivity index (χ0) is 17.9. The Morgan fingerprint density at radius 3 is 2.42 bits per heavy atom. The van der Waals surface area contributed by atoms with Crippen LogP contribution in [0.2, 0.25) is 0 Å². The molecular formula is C16H25N3O4S. The van der Waals surface area contributed by atoms with Crippen molar-refractivity contribution < 1.29 is 13.3 Å². The van der Waals surface area contributed by atoms with Crippen LogP contribution in [0, 0.1) is 16.0 Å². The molecule has 0 amide bonds. The summed E-state index contributed by atoms with van der Waals surface area (Å²) in [6.07, 6.45) is 3.33. The minimum Gasteiger partial charge on any atom is -0.378 e. The summed E-state index contributed by atoms with van der Waals surface area (Å²) in [5.41, 5.74) is -0.114. The maximum absolute atomic E-state index is 11.8. The molecule has 1 atom stereocenters. The maximum atomic E-state index is 11.8. The highest BCUT2D eigenvalue weighted by molar-refractivity contribution is 7.90. The fourth-order valence-electron chi connectivity index (χ4n) is 3.23. The molecule has 134 valence electrons. The van der Waals surface area contributed by atoms with Gasteiger partial charge < -0.3 is 5.32 Å². The van der Waals surface area contributed by atoms with Crippen molar-refractivity contribution in [2.45, 2.75) is 37.6 Å². The lowest BCUT2D eigenvalue weighted by molar-refractivity contribution is -0.386. The Hall–Kier alpha value is -1.67. The Morgan fingerprint density at radius 2 is 1.92 bits per heavy atom. The summed E-state index contributed by atoms with van der Waals surface area (Å²) < 4.78 is 23.7. The van der Waals surface area contributed by atoms with E-state index in [9.17, 15) is 18.5 Å². The van der Waals surface area contributed by atoms with Crippen LogP contribution in [-0.2, 0) is 9.84 Å². The van der Waals surface area contributed by atoms with Gasteiger partial charge in [-0.15, -0.1) is 0 Å². The Labute approximate surface area is 143 Å². The molecule has 7 nitrogen and oxygen atoms in total. The summed E-state index contributed by atoms with van der Waals surface area (Å²) in [4.78, 5) is 12.9. The summed E-state index contributed by atoms with van der Waals surface area (Å²) in [5.74, 6) is 0.396. The van der Waals surface area contributed by atoms with E-state index in [0.29, 0.717) is 12.5 Å². The molecule has 1 aliphatic heterocycles. The lowest BCUT2D eigenvalue weighted by Gasteiger charge is -2.31. The van der Waals surface area contributed by atoms with Gasteiger partial charge in [0.2, 0.25) is 0 Å². The number of nitro benzene ring substituents is 1. The third-order valence-electron chi connectivity index (χ3n) is 4.46. The molecular weight excluding hydrogens is 330 g/mol. The van der Waals surface area contributed by atoms with Gasteiger partial charge in [0.1, 0.15) is 10.6 Å². The molecule has 0 aromatic heterocycles. The van der Waals surface area contributed by atoms with E-state index in [0.717, 1.165) is 19.3 Å². The molecule has 0 spiro atoms. The topological polar surface area (TPSA) is 92.5 Å². The average molecular weight is 355 g/mol. The van der Waals surface area contributed by atoms with E-state index in [-0.39, 0.29) is 22.3 Å². The lowest BCUT2D eigenvalue weighted by atomic mass is 10.0. The number of likely N-dealkylation sites (tertiary alicyclic amines) is 1. The Kier molecular flexibility index (Phi) is 5.82. The second-order valence-corrected chi connectivity index (χ2v) is 8.60. The second kappa shape index (κ2) is 7.48. The zero-order valence-electron chi connectivity index (χ0n) is 14.4. The maximum Gasteiger partial charge on any atom is 0.310 e. The van der Waals surface area contributed by atoms with Gasteiger partial charge in [-0.1, -0.05) is 19.9 Å². The standard InChI is InChI=1S/C16H25N3O4S/c1-12(2)14(18-9-4-5-10-18)11-17-13-7-6-8-15(24(3,22)23)16(13)19(20)21/h6-8,12,14,17H,4-5,9-11H2,1-3H3. The largest absolute Gasteiger partial charge is 0.378 e. The number of hydrogen-bond acceptors (Lipinski definition) is 6.